The molecule has 1 aliphatic heterocycles. The summed E-state index contributed by atoms with van der Waals surface area (Å²) in [6.45, 7) is 1.35. The third-order valence-corrected chi connectivity index (χ3v) is 6.21. The van der Waals surface area contributed by atoms with Crippen molar-refractivity contribution in [1.29, 1.82) is 0 Å². The molecule has 2 aromatic heterocycles. The highest BCUT2D eigenvalue weighted by molar-refractivity contribution is 7.14. The molecule has 150 valence electrons. The number of carbonyl (C=O) groups excluding carboxylic acids is 2. The molecule has 5 rings (SSSR count). The van der Waals surface area contributed by atoms with Gasteiger partial charge in [-0.05, 0) is 34.0 Å². The zero-order valence-electron chi connectivity index (χ0n) is 16.2. The average Bonchev–Trinajstić information content (AvgIpc) is 3.52. The molecular weight excluding hydrogens is 412 g/mol. The number of hydrogen-bond donors (Lipinski definition) is 1. The second-order valence-corrected chi connectivity index (χ2v) is 8.39. The minimum Gasteiger partial charge on any atom is -0.380 e. The SMILES string of the molecule is O=C1C(=O)N(Cc2ccccc2)c2ccsc21.c1ccc(CNc2ccsc2)cc1. The number of carbonyl (C=O) groups is 2. The van der Waals surface area contributed by atoms with Crippen LogP contribution in [0.3, 0.4) is 0 Å². The maximum absolute atomic E-state index is 11.8. The van der Waals surface area contributed by atoms with E-state index in [-0.39, 0.29) is 5.78 Å². The fraction of sp³-hybridized carbons (Fsp3) is 0.0833. The summed E-state index contributed by atoms with van der Waals surface area (Å²) < 4.78 is 0. The lowest BCUT2D eigenvalue weighted by atomic mass is 10.2. The number of anilines is 2. The van der Waals surface area contributed by atoms with Crippen LogP contribution in [-0.2, 0) is 17.9 Å². The minimum absolute atomic E-state index is 0.383. The van der Waals surface area contributed by atoms with Gasteiger partial charge in [-0.15, -0.1) is 11.3 Å². The van der Waals surface area contributed by atoms with Gasteiger partial charge in [-0.2, -0.15) is 11.3 Å². The molecule has 3 heterocycles. The third-order valence-electron chi connectivity index (χ3n) is 4.63. The van der Waals surface area contributed by atoms with Crippen LogP contribution in [0.4, 0.5) is 11.4 Å². The first-order chi connectivity index (χ1) is 14.7. The van der Waals surface area contributed by atoms with E-state index in [1.165, 1.54) is 22.6 Å². The van der Waals surface area contributed by atoms with Gasteiger partial charge in [0.25, 0.3) is 5.78 Å². The average molecular weight is 433 g/mol. The standard InChI is InChI=1S/C13H9NO2S.C11H11NS/c15-11-12-10(6-7-17-12)14(13(11)16)8-9-4-2-1-3-5-9;1-2-4-10(5-3-1)8-12-11-6-7-13-9-11/h1-7H,8H2;1-7,9,12H,8H2. The van der Waals surface area contributed by atoms with Crippen molar-refractivity contribution in [3.8, 4) is 0 Å². The van der Waals surface area contributed by atoms with Crippen molar-refractivity contribution >= 4 is 45.7 Å². The van der Waals surface area contributed by atoms with Crippen molar-refractivity contribution in [1.82, 2.24) is 0 Å². The van der Waals surface area contributed by atoms with Gasteiger partial charge >= 0.3 is 5.91 Å². The number of rotatable bonds is 5. The van der Waals surface area contributed by atoms with Crippen molar-refractivity contribution in [2.75, 3.05) is 10.2 Å². The number of fused-ring (bicyclic) bond motifs is 1. The Balaban J connectivity index is 0.000000151. The van der Waals surface area contributed by atoms with Crippen LogP contribution in [0.5, 0.6) is 0 Å². The number of hydrogen-bond acceptors (Lipinski definition) is 5. The molecule has 0 bridgehead atoms. The first-order valence-corrected chi connectivity index (χ1v) is 11.3. The van der Waals surface area contributed by atoms with Crippen LogP contribution in [0.25, 0.3) is 0 Å². The van der Waals surface area contributed by atoms with E-state index in [1.807, 2.05) is 47.8 Å². The summed E-state index contributed by atoms with van der Waals surface area (Å²) in [7, 11) is 0. The van der Waals surface area contributed by atoms with E-state index < -0.39 is 5.91 Å². The number of amides is 1. The number of Topliss-reactive ketones (excluding diaryl/α,β-unsaturated/α-hetero) is 1. The summed E-state index contributed by atoms with van der Waals surface area (Å²) >= 11 is 3.04. The van der Waals surface area contributed by atoms with E-state index >= 15 is 0 Å². The maximum atomic E-state index is 11.8. The second-order valence-electron chi connectivity index (χ2n) is 6.69. The van der Waals surface area contributed by atoms with Gasteiger partial charge in [0, 0.05) is 17.6 Å². The highest BCUT2D eigenvalue weighted by Gasteiger charge is 2.36. The second kappa shape index (κ2) is 9.52. The lowest BCUT2D eigenvalue weighted by Gasteiger charge is -2.15. The van der Waals surface area contributed by atoms with Crippen LogP contribution in [0.1, 0.15) is 20.8 Å². The molecule has 0 spiro atoms. The van der Waals surface area contributed by atoms with Gasteiger partial charge in [0.05, 0.1) is 12.2 Å². The molecule has 2 aromatic carbocycles. The van der Waals surface area contributed by atoms with Crippen molar-refractivity contribution in [3.63, 3.8) is 0 Å². The Morgan fingerprint density at radius 2 is 1.50 bits per heavy atom. The van der Waals surface area contributed by atoms with E-state index in [0.717, 1.165) is 17.8 Å². The highest BCUT2D eigenvalue weighted by Crippen LogP contribution is 2.34. The van der Waals surface area contributed by atoms with E-state index in [9.17, 15) is 9.59 Å². The largest absolute Gasteiger partial charge is 0.380 e. The van der Waals surface area contributed by atoms with Crippen LogP contribution in [0.15, 0.2) is 88.9 Å². The normalized spacial score (nSPS) is 12.3. The van der Waals surface area contributed by atoms with Crippen LogP contribution in [0.2, 0.25) is 0 Å². The predicted octanol–water partition coefficient (Wildman–Crippen LogP) is 5.84. The topological polar surface area (TPSA) is 49.4 Å². The van der Waals surface area contributed by atoms with Gasteiger partial charge in [0.2, 0.25) is 0 Å². The van der Waals surface area contributed by atoms with Crippen molar-refractivity contribution in [3.05, 3.63) is 105 Å². The summed E-state index contributed by atoms with van der Waals surface area (Å²) in [4.78, 5) is 25.6. The van der Waals surface area contributed by atoms with Crippen LogP contribution in [0, 0.1) is 0 Å². The van der Waals surface area contributed by atoms with Gasteiger partial charge in [0.1, 0.15) is 4.88 Å². The molecule has 0 fully saturated rings. The van der Waals surface area contributed by atoms with Crippen LogP contribution in [-0.4, -0.2) is 11.7 Å². The van der Waals surface area contributed by atoms with Crippen LogP contribution < -0.4 is 10.2 Å². The zero-order valence-corrected chi connectivity index (χ0v) is 17.8. The summed E-state index contributed by atoms with van der Waals surface area (Å²) in [5.74, 6) is -0.804. The zero-order chi connectivity index (χ0) is 20.8. The predicted molar refractivity (Wildman–Crippen MR) is 124 cm³/mol. The van der Waals surface area contributed by atoms with Gasteiger partial charge in [-0.3, -0.25) is 14.5 Å². The third kappa shape index (κ3) is 4.67. The Bertz CT molecular complexity index is 1110. The van der Waals surface area contributed by atoms with Gasteiger partial charge in [-0.25, -0.2) is 0 Å². The Labute approximate surface area is 183 Å². The molecule has 1 N–H and O–H groups in total. The smallest absolute Gasteiger partial charge is 0.300 e. The Hall–Kier alpha value is -3.22. The summed E-state index contributed by atoms with van der Waals surface area (Å²) in [5.41, 5.74) is 4.28. The fourth-order valence-corrected chi connectivity index (χ4v) is 4.54. The van der Waals surface area contributed by atoms with Crippen molar-refractivity contribution < 1.29 is 9.59 Å². The Morgan fingerprint density at radius 1 is 0.800 bits per heavy atom. The number of nitrogens with one attached hydrogen (secondary N) is 1. The lowest BCUT2D eigenvalue weighted by Crippen LogP contribution is -2.29. The summed E-state index contributed by atoms with van der Waals surface area (Å²) in [5, 5.41) is 9.38. The first-order valence-electron chi connectivity index (χ1n) is 9.50. The van der Waals surface area contributed by atoms with E-state index in [0.29, 0.717) is 11.4 Å². The molecular formula is C24H20N2O2S2. The number of thiophene rings is 2. The molecule has 1 aliphatic rings. The number of benzene rings is 2. The molecule has 0 aliphatic carbocycles. The quantitative estimate of drug-likeness (QED) is 0.403. The van der Waals surface area contributed by atoms with Crippen LogP contribution >= 0.6 is 22.7 Å². The molecule has 0 atom stereocenters. The highest BCUT2D eigenvalue weighted by atomic mass is 32.1. The number of ketones is 1. The Morgan fingerprint density at radius 3 is 2.17 bits per heavy atom. The monoisotopic (exact) mass is 432 g/mol. The molecule has 4 aromatic rings. The van der Waals surface area contributed by atoms with Gasteiger partial charge in [-0.1, -0.05) is 60.7 Å². The molecule has 0 radical (unpaired) electrons. The number of nitrogens with zero attached hydrogens (tertiary/aromatic N) is 1. The van der Waals surface area contributed by atoms with E-state index in [2.05, 4.69) is 46.4 Å². The molecule has 4 nitrogen and oxygen atoms in total. The van der Waals surface area contributed by atoms with Gasteiger partial charge in [0.15, 0.2) is 0 Å². The fourth-order valence-electron chi connectivity index (χ4n) is 3.10. The molecule has 6 heteroatoms. The van der Waals surface area contributed by atoms with Crippen molar-refractivity contribution in [2.24, 2.45) is 0 Å². The molecule has 0 saturated carbocycles. The molecule has 30 heavy (non-hydrogen) atoms. The van der Waals surface area contributed by atoms with Gasteiger partial charge < -0.3 is 5.32 Å². The lowest BCUT2D eigenvalue weighted by molar-refractivity contribution is -0.114. The molecule has 1 amide bonds. The first kappa shape index (κ1) is 20.1. The summed E-state index contributed by atoms with van der Waals surface area (Å²) in [6, 6.07) is 24.0. The molecule has 0 unspecified atom stereocenters. The molecule has 0 saturated heterocycles. The van der Waals surface area contributed by atoms with E-state index in [1.54, 1.807) is 16.2 Å². The van der Waals surface area contributed by atoms with E-state index in [4.69, 9.17) is 0 Å². The van der Waals surface area contributed by atoms with Crippen molar-refractivity contribution in [2.45, 2.75) is 13.1 Å². The summed E-state index contributed by atoms with van der Waals surface area (Å²) in [6.07, 6.45) is 0. The minimum atomic E-state index is -0.421. The maximum Gasteiger partial charge on any atom is 0.300 e. The Kier molecular flexibility index (Phi) is 6.37.